The number of carbonyl (C=O) groups excluding carboxylic acids is 3. The lowest BCUT2D eigenvalue weighted by Crippen LogP contribution is -2.41. The predicted octanol–water partition coefficient (Wildman–Crippen LogP) is 2.56. The van der Waals surface area contributed by atoms with Crippen molar-refractivity contribution in [3.8, 4) is 0 Å². The molecule has 130 valence electrons. The van der Waals surface area contributed by atoms with Gasteiger partial charge >= 0.3 is 12.0 Å². The monoisotopic (exact) mass is 368 g/mol. The van der Waals surface area contributed by atoms with Crippen LogP contribution in [0.2, 0.25) is 0 Å². The lowest BCUT2D eigenvalue weighted by atomic mass is 10.1. The molecule has 6 nitrogen and oxygen atoms in total. The topological polar surface area (TPSA) is 84.5 Å². The third-order valence-corrected chi connectivity index (χ3v) is 6.27. The molecule has 3 amide bonds. The summed E-state index contributed by atoms with van der Waals surface area (Å²) >= 11 is 3.78. The number of esters is 1. The van der Waals surface area contributed by atoms with Crippen LogP contribution in [0.4, 0.5) is 4.79 Å². The van der Waals surface area contributed by atoms with Crippen LogP contribution >= 0.6 is 23.5 Å². The zero-order valence-corrected chi connectivity index (χ0v) is 15.0. The summed E-state index contributed by atoms with van der Waals surface area (Å²) in [4.78, 5) is 34.8. The average molecular weight is 368 g/mol. The molecule has 24 heavy (non-hydrogen) atoms. The van der Waals surface area contributed by atoms with E-state index < -0.39 is 24.5 Å². The highest BCUT2D eigenvalue weighted by Gasteiger charge is 2.19. The van der Waals surface area contributed by atoms with Crippen molar-refractivity contribution in [2.75, 3.05) is 24.7 Å². The predicted molar refractivity (Wildman–Crippen MR) is 96.2 cm³/mol. The molecule has 1 aliphatic rings. The van der Waals surface area contributed by atoms with E-state index in [0.29, 0.717) is 16.7 Å². The molecule has 8 heteroatoms. The second kappa shape index (κ2) is 9.58. The van der Waals surface area contributed by atoms with Crippen LogP contribution < -0.4 is 10.6 Å². The van der Waals surface area contributed by atoms with Gasteiger partial charge in [-0.15, -0.1) is 23.5 Å². The molecule has 0 radical (unpaired) electrons. The molecule has 0 aromatic heterocycles. The Balaban J connectivity index is 1.77. The Bertz CT molecular complexity index is 586. The van der Waals surface area contributed by atoms with Crippen LogP contribution in [-0.4, -0.2) is 42.6 Å². The fourth-order valence-corrected chi connectivity index (χ4v) is 4.85. The van der Waals surface area contributed by atoms with Gasteiger partial charge in [0.15, 0.2) is 6.61 Å². The van der Waals surface area contributed by atoms with E-state index >= 15 is 0 Å². The van der Waals surface area contributed by atoms with E-state index in [2.05, 4.69) is 10.6 Å². The Kier molecular flexibility index (Phi) is 7.45. The summed E-state index contributed by atoms with van der Waals surface area (Å²) in [6, 6.07) is 6.62. The fraction of sp³-hybridized carbons (Fsp3) is 0.438. The van der Waals surface area contributed by atoms with E-state index in [1.165, 1.54) is 5.56 Å². The second-order valence-electron chi connectivity index (χ2n) is 5.08. The van der Waals surface area contributed by atoms with Gasteiger partial charge in [-0.05, 0) is 24.1 Å². The highest BCUT2D eigenvalue weighted by molar-refractivity contribution is 8.19. The lowest BCUT2D eigenvalue weighted by molar-refractivity contribution is -0.123. The minimum Gasteiger partial charge on any atom is -0.452 e. The van der Waals surface area contributed by atoms with Gasteiger partial charge < -0.3 is 10.1 Å². The zero-order chi connectivity index (χ0) is 17.4. The Morgan fingerprint density at radius 3 is 2.46 bits per heavy atom. The number of urea groups is 1. The van der Waals surface area contributed by atoms with Crippen LogP contribution in [0.3, 0.4) is 0 Å². The lowest BCUT2D eigenvalue weighted by Gasteiger charge is -2.09. The molecule has 1 saturated heterocycles. The summed E-state index contributed by atoms with van der Waals surface area (Å²) in [6.45, 7) is 1.89. The summed E-state index contributed by atoms with van der Waals surface area (Å²) in [6.07, 6.45) is 0.768. The van der Waals surface area contributed by atoms with Crippen molar-refractivity contribution in [1.82, 2.24) is 10.6 Å². The number of ether oxygens (including phenoxy) is 1. The number of hydrogen-bond acceptors (Lipinski definition) is 6. The molecule has 0 unspecified atom stereocenters. The molecule has 0 bridgehead atoms. The molecular weight excluding hydrogens is 348 g/mol. The molecule has 0 atom stereocenters. The summed E-state index contributed by atoms with van der Waals surface area (Å²) in [5.74, 6) is 1.03. The van der Waals surface area contributed by atoms with Crippen LogP contribution in [0.5, 0.6) is 0 Å². The molecule has 0 saturated carbocycles. The Labute approximate surface area is 149 Å². The molecule has 0 spiro atoms. The first-order valence-corrected chi connectivity index (χ1v) is 9.78. The highest BCUT2D eigenvalue weighted by Crippen LogP contribution is 2.45. The first-order valence-electron chi connectivity index (χ1n) is 7.68. The van der Waals surface area contributed by atoms with Gasteiger partial charge in [-0.3, -0.25) is 10.1 Å². The first kappa shape index (κ1) is 18.7. The van der Waals surface area contributed by atoms with Crippen molar-refractivity contribution in [1.29, 1.82) is 0 Å². The number of thioether (sulfide) groups is 2. The smallest absolute Gasteiger partial charge is 0.338 e. The summed E-state index contributed by atoms with van der Waals surface area (Å²) in [5, 5.41) is 4.60. The number of imide groups is 1. The van der Waals surface area contributed by atoms with Crippen LogP contribution in [0.15, 0.2) is 24.3 Å². The van der Waals surface area contributed by atoms with Gasteiger partial charge in [0, 0.05) is 18.1 Å². The average Bonchev–Trinajstić information content (AvgIpc) is 3.12. The maximum Gasteiger partial charge on any atom is 0.338 e. The van der Waals surface area contributed by atoms with Crippen LogP contribution in [0.1, 0.15) is 33.8 Å². The summed E-state index contributed by atoms with van der Waals surface area (Å²) < 4.78 is 5.34. The van der Waals surface area contributed by atoms with E-state index in [1.807, 2.05) is 42.6 Å². The largest absolute Gasteiger partial charge is 0.452 e. The van der Waals surface area contributed by atoms with Crippen molar-refractivity contribution in [2.24, 2.45) is 0 Å². The fourth-order valence-electron chi connectivity index (χ4n) is 1.99. The first-order chi connectivity index (χ1) is 11.6. The summed E-state index contributed by atoms with van der Waals surface area (Å²) in [5.41, 5.74) is 1.55. The molecule has 1 fully saturated rings. The van der Waals surface area contributed by atoms with E-state index in [0.717, 1.165) is 17.9 Å². The Hall–Kier alpha value is -1.67. The number of rotatable bonds is 6. The van der Waals surface area contributed by atoms with Gasteiger partial charge in [0.1, 0.15) is 0 Å². The van der Waals surface area contributed by atoms with E-state index in [9.17, 15) is 14.4 Å². The maximum atomic E-state index is 11.9. The standard InChI is InChI=1S/C16H20N2O4S2/c1-2-7-17-16(21)18-13(19)10-22-14(20)11-3-5-12(6-4-11)15-23-8-9-24-15/h3-6,15H,2,7-10H2,1H3,(H2,17,18,19,21). The summed E-state index contributed by atoms with van der Waals surface area (Å²) in [7, 11) is 0. The number of carbonyl (C=O) groups is 3. The quantitative estimate of drug-likeness (QED) is 0.751. The normalized spacial score (nSPS) is 14.2. The van der Waals surface area contributed by atoms with E-state index in [4.69, 9.17) is 4.74 Å². The SMILES string of the molecule is CCCNC(=O)NC(=O)COC(=O)c1ccc(C2SCCS2)cc1. The third-order valence-electron chi connectivity index (χ3n) is 3.16. The maximum absolute atomic E-state index is 11.9. The van der Waals surface area contributed by atoms with Gasteiger partial charge in [0.05, 0.1) is 10.1 Å². The molecule has 2 N–H and O–H groups in total. The Morgan fingerprint density at radius 2 is 1.83 bits per heavy atom. The van der Waals surface area contributed by atoms with Crippen molar-refractivity contribution >= 4 is 41.4 Å². The van der Waals surface area contributed by atoms with Gasteiger partial charge in [-0.2, -0.15) is 0 Å². The van der Waals surface area contributed by atoms with Crippen molar-refractivity contribution in [3.05, 3.63) is 35.4 Å². The van der Waals surface area contributed by atoms with E-state index in [-0.39, 0.29) is 0 Å². The van der Waals surface area contributed by atoms with Gasteiger partial charge in [0.25, 0.3) is 5.91 Å². The van der Waals surface area contributed by atoms with Gasteiger partial charge in [0.2, 0.25) is 0 Å². The number of benzene rings is 1. The highest BCUT2D eigenvalue weighted by atomic mass is 32.2. The van der Waals surface area contributed by atoms with Gasteiger partial charge in [-0.25, -0.2) is 9.59 Å². The van der Waals surface area contributed by atoms with Gasteiger partial charge in [-0.1, -0.05) is 19.1 Å². The molecule has 1 aromatic carbocycles. The van der Waals surface area contributed by atoms with Crippen LogP contribution in [0, 0.1) is 0 Å². The molecule has 0 aliphatic carbocycles. The number of nitrogens with one attached hydrogen (secondary N) is 2. The molecule has 1 heterocycles. The van der Waals surface area contributed by atoms with Crippen LogP contribution in [-0.2, 0) is 9.53 Å². The minimum atomic E-state index is -0.660. The molecule has 1 aliphatic heterocycles. The molecule has 1 aromatic rings. The van der Waals surface area contributed by atoms with Crippen molar-refractivity contribution in [3.63, 3.8) is 0 Å². The number of amides is 3. The molecular formula is C16H20N2O4S2. The Morgan fingerprint density at radius 1 is 1.17 bits per heavy atom. The zero-order valence-electron chi connectivity index (χ0n) is 13.4. The number of hydrogen-bond donors (Lipinski definition) is 2. The second-order valence-corrected chi connectivity index (χ2v) is 7.80. The van der Waals surface area contributed by atoms with Crippen molar-refractivity contribution < 1.29 is 19.1 Å². The van der Waals surface area contributed by atoms with Crippen molar-refractivity contribution in [2.45, 2.75) is 17.9 Å². The van der Waals surface area contributed by atoms with E-state index in [1.54, 1.807) is 12.1 Å². The van der Waals surface area contributed by atoms with Crippen LogP contribution in [0.25, 0.3) is 0 Å². The minimum absolute atomic E-state index is 0.384. The molecule has 2 rings (SSSR count). The third kappa shape index (κ3) is 5.76.